The topological polar surface area (TPSA) is 55.8 Å². The van der Waals surface area contributed by atoms with Crippen molar-refractivity contribution in [3.05, 3.63) is 0 Å². The highest BCUT2D eigenvalue weighted by Gasteiger charge is 2.47. The average molecular weight is 316 g/mol. The molecule has 0 radical (unpaired) electrons. The predicted molar refractivity (Wildman–Crippen MR) is 69.6 cm³/mol. The molecule has 0 atom stereocenters. The maximum atomic E-state index is 12.4. The number of nitrogens with zero attached hydrogens (tertiary/aromatic N) is 1. The van der Waals surface area contributed by atoms with Crippen LogP contribution in [0.3, 0.4) is 0 Å². The van der Waals surface area contributed by atoms with E-state index < -0.39 is 31.0 Å². The number of halogens is 3. The first kappa shape index (κ1) is 19.1. The van der Waals surface area contributed by atoms with Crippen LogP contribution < -0.4 is 0 Å². The van der Waals surface area contributed by atoms with E-state index in [0.29, 0.717) is 6.42 Å². The molecule has 0 amide bonds. The van der Waals surface area contributed by atoms with E-state index in [-0.39, 0.29) is 19.0 Å². The Morgan fingerprint density at radius 3 is 2.25 bits per heavy atom. The Morgan fingerprint density at radius 1 is 1.10 bits per heavy atom. The summed E-state index contributed by atoms with van der Waals surface area (Å²) in [5.74, 6) is -5.22. The van der Waals surface area contributed by atoms with E-state index in [1.54, 1.807) is 0 Å². The lowest BCUT2D eigenvalue weighted by molar-refractivity contribution is -0.274. The van der Waals surface area contributed by atoms with Crippen LogP contribution in [0.1, 0.15) is 39.0 Å². The second-order valence-corrected chi connectivity index (χ2v) is 4.58. The van der Waals surface area contributed by atoms with Gasteiger partial charge in [0.25, 0.3) is 5.92 Å². The molecule has 8 heteroatoms. The molecule has 0 N–H and O–H groups in total. The Labute approximate surface area is 122 Å². The molecular weight excluding hydrogens is 296 g/mol. The fourth-order valence-electron chi connectivity index (χ4n) is 1.62. The molecule has 0 aromatic rings. The van der Waals surface area contributed by atoms with E-state index in [1.165, 1.54) is 0 Å². The number of carbonyl (C=O) groups is 2. The van der Waals surface area contributed by atoms with Crippen molar-refractivity contribution in [1.82, 2.24) is 5.06 Å². The maximum absolute atomic E-state index is 12.4. The summed E-state index contributed by atoms with van der Waals surface area (Å²) < 4.78 is 29.6. The van der Waals surface area contributed by atoms with Crippen molar-refractivity contribution in [3.8, 4) is 0 Å². The maximum Gasteiger partial charge on any atom is 0.436 e. The van der Waals surface area contributed by atoms with Gasteiger partial charge in [0.1, 0.15) is 13.1 Å². The summed E-state index contributed by atoms with van der Waals surface area (Å²) in [4.78, 5) is 26.7. The predicted octanol–water partition coefficient (Wildman–Crippen LogP) is 2.33. The summed E-state index contributed by atoms with van der Waals surface area (Å²) in [6.07, 6.45) is 4.91. The lowest BCUT2D eigenvalue weighted by atomic mass is 10.2. The van der Waals surface area contributed by atoms with E-state index in [9.17, 15) is 18.4 Å². The fourth-order valence-corrected chi connectivity index (χ4v) is 1.62. The van der Waals surface area contributed by atoms with Crippen molar-refractivity contribution in [3.63, 3.8) is 0 Å². The molecule has 0 bridgehead atoms. The Bertz CT molecular complexity index is 321. The standard InChI is InChI=1S/C12H19F2NO4.ClH/c1-2-3-4-5-6-7-18-10(16)11(17)19-15-8-12(13,14)9-15;/h2-9H2,1H3;1H. The van der Waals surface area contributed by atoms with Crippen LogP contribution in [-0.4, -0.2) is 42.6 Å². The van der Waals surface area contributed by atoms with E-state index in [1.807, 2.05) is 0 Å². The van der Waals surface area contributed by atoms with Gasteiger partial charge in [-0.2, -0.15) is 0 Å². The van der Waals surface area contributed by atoms with Crippen LogP contribution in [-0.2, 0) is 19.2 Å². The van der Waals surface area contributed by atoms with E-state index in [0.717, 1.165) is 30.7 Å². The van der Waals surface area contributed by atoms with Crippen LogP contribution in [0.4, 0.5) is 8.78 Å². The normalized spacial score (nSPS) is 16.8. The molecule has 5 nitrogen and oxygen atoms in total. The Hall–Kier alpha value is -0.950. The van der Waals surface area contributed by atoms with Crippen molar-refractivity contribution in [2.75, 3.05) is 19.7 Å². The summed E-state index contributed by atoms with van der Waals surface area (Å²) in [6, 6.07) is 0. The van der Waals surface area contributed by atoms with Gasteiger partial charge in [0, 0.05) is 0 Å². The summed E-state index contributed by atoms with van der Waals surface area (Å²) in [7, 11) is 0. The monoisotopic (exact) mass is 315 g/mol. The Kier molecular flexibility index (Phi) is 8.64. The molecule has 0 saturated carbocycles. The van der Waals surface area contributed by atoms with Crippen molar-refractivity contribution in [2.45, 2.75) is 45.0 Å². The minimum Gasteiger partial charge on any atom is -0.457 e. The minimum absolute atomic E-state index is 0. The molecular formula is C12H20ClF2NO4. The highest BCUT2D eigenvalue weighted by molar-refractivity contribution is 6.29. The van der Waals surface area contributed by atoms with Crippen molar-refractivity contribution < 1.29 is 27.9 Å². The number of hydrogen-bond donors (Lipinski definition) is 0. The fraction of sp³-hybridized carbons (Fsp3) is 0.833. The summed E-state index contributed by atoms with van der Waals surface area (Å²) >= 11 is 0. The molecule has 118 valence electrons. The molecule has 0 aromatic carbocycles. The number of esters is 1. The van der Waals surface area contributed by atoms with Gasteiger partial charge in [-0.25, -0.2) is 18.4 Å². The van der Waals surface area contributed by atoms with Gasteiger partial charge in [-0.1, -0.05) is 32.6 Å². The minimum atomic E-state index is -2.84. The van der Waals surface area contributed by atoms with E-state index >= 15 is 0 Å². The van der Waals surface area contributed by atoms with E-state index in [2.05, 4.69) is 16.5 Å². The number of unbranched alkanes of at least 4 members (excludes halogenated alkanes) is 4. The van der Waals surface area contributed by atoms with Crippen LogP contribution in [0, 0.1) is 0 Å². The largest absolute Gasteiger partial charge is 0.457 e. The summed E-state index contributed by atoms with van der Waals surface area (Å²) in [5, 5.41) is 0.741. The van der Waals surface area contributed by atoms with Crippen molar-refractivity contribution in [1.29, 1.82) is 0 Å². The molecule has 0 unspecified atom stereocenters. The third-order valence-electron chi connectivity index (χ3n) is 2.68. The molecule has 1 aliphatic heterocycles. The quantitative estimate of drug-likeness (QED) is 0.410. The first-order chi connectivity index (χ1) is 8.94. The number of hydrogen-bond acceptors (Lipinski definition) is 5. The second-order valence-electron chi connectivity index (χ2n) is 4.58. The zero-order valence-electron chi connectivity index (χ0n) is 11.4. The number of rotatable bonds is 7. The van der Waals surface area contributed by atoms with Gasteiger partial charge in [-0.05, 0) is 6.42 Å². The zero-order chi connectivity index (χ0) is 14.3. The molecule has 0 aromatic heterocycles. The van der Waals surface area contributed by atoms with Crippen LogP contribution in [0.5, 0.6) is 0 Å². The first-order valence-corrected chi connectivity index (χ1v) is 6.46. The Morgan fingerprint density at radius 2 is 1.70 bits per heavy atom. The summed E-state index contributed by atoms with van der Waals surface area (Å²) in [5.41, 5.74) is 0. The lowest BCUT2D eigenvalue weighted by Crippen LogP contribution is -2.56. The van der Waals surface area contributed by atoms with Crippen LogP contribution in [0.2, 0.25) is 0 Å². The highest BCUT2D eigenvalue weighted by atomic mass is 35.5. The molecule has 0 spiro atoms. The molecule has 1 aliphatic rings. The van der Waals surface area contributed by atoms with Gasteiger partial charge >= 0.3 is 11.9 Å². The van der Waals surface area contributed by atoms with E-state index in [4.69, 9.17) is 0 Å². The number of carbonyl (C=O) groups excluding carboxylic acids is 2. The third kappa shape index (κ3) is 7.00. The Balaban J connectivity index is 0.00000361. The number of alkyl halides is 2. The number of hydroxylamine groups is 2. The van der Waals surface area contributed by atoms with Gasteiger partial charge in [0.05, 0.1) is 6.61 Å². The van der Waals surface area contributed by atoms with Gasteiger partial charge in [0.15, 0.2) is 0 Å². The van der Waals surface area contributed by atoms with Crippen LogP contribution in [0.25, 0.3) is 0 Å². The van der Waals surface area contributed by atoms with Gasteiger partial charge < -0.3 is 9.57 Å². The average Bonchev–Trinajstić information content (AvgIpc) is 2.31. The van der Waals surface area contributed by atoms with Crippen molar-refractivity contribution >= 4 is 24.3 Å². The second kappa shape index (κ2) is 9.07. The molecule has 1 rings (SSSR count). The lowest BCUT2D eigenvalue weighted by Gasteiger charge is -2.35. The zero-order valence-corrected chi connectivity index (χ0v) is 12.2. The molecule has 1 heterocycles. The summed E-state index contributed by atoms with van der Waals surface area (Å²) in [6.45, 7) is 0.884. The van der Waals surface area contributed by atoms with Gasteiger partial charge in [-0.15, -0.1) is 17.5 Å². The molecule has 20 heavy (non-hydrogen) atoms. The smallest absolute Gasteiger partial charge is 0.436 e. The van der Waals surface area contributed by atoms with Gasteiger partial charge in [-0.3, -0.25) is 0 Å². The van der Waals surface area contributed by atoms with Gasteiger partial charge in [0.2, 0.25) is 0 Å². The van der Waals surface area contributed by atoms with Crippen LogP contribution >= 0.6 is 12.4 Å². The van der Waals surface area contributed by atoms with Crippen molar-refractivity contribution in [2.24, 2.45) is 0 Å². The number of ether oxygens (including phenoxy) is 1. The molecule has 1 saturated heterocycles. The third-order valence-corrected chi connectivity index (χ3v) is 2.68. The molecule has 0 aliphatic carbocycles. The first-order valence-electron chi connectivity index (χ1n) is 6.46. The molecule has 1 fully saturated rings. The highest BCUT2D eigenvalue weighted by Crippen LogP contribution is 2.26. The van der Waals surface area contributed by atoms with Crippen LogP contribution in [0.15, 0.2) is 0 Å². The SMILES string of the molecule is CCCCCCCOC(=O)C(=O)ON1CC(F)(F)C1.Cl.